The molecule has 1 aliphatic heterocycles. The molecule has 2 N–H and O–H groups in total. The third-order valence-electron chi connectivity index (χ3n) is 4.72. The fourth-order valence-corrected chi connectivity index (χ4v) is 4.12. The monoisotopic (exact) mass is 397 g/mol. The van der Waals surface area contributed by atoms with Crippen LogP contribution in [-0.2, 0) is 25.9 Å². The van der Waals surface area contributed by atoms with Crippen LogP contribution in [0.3, 0.4) is 0 Å². The van der Waals surface area contributed by atoms with E-state index in [1.165, 1.54) is 28.9 Å². The van der Waals surface area contributed by atoms with Crippen molar-refractivity contribution >= 4 is 22.5 Å². The highest BCUT2D eigenvalue weighted by atomic mass is 32.1. The lowest BCUT2D eigenvalue weighted by Gasteiger charge is -2.08. The number of hydrogen-bond acceptors (Lipinski definition) is 6. The Morgan fingerprint density at radius 2 is 2.11 bits per heavy atom. The Balaban J connectivity index is 1.31. The first-order chi connectivity index (χ1) is 13.7. The first-order valence-corrected chi connectivity index (χ1v) is 10.3. The van der Waals surface area contributed by atoms with Crippen LogP contribution in [0.2, 0.25) is 0 Å². The summed E-state index contributed by atoms with van der Waals surface area (Å²) in [6.45, 7) is 3.32. The number of anilines is 1. The van der Waals surface area contributed by atoms with E-state index in [4.69, 9.17) is 0 Å². The van der Waals surface area contributed by atoms with Crippen molar-refractivity contribution in [1.29, 1.82) is 0 Å². The van der Waals surface area contributed by atoms with E-state index in [9.17, 15) is 4.79 Å². The molecule has 0 radical (unpaired) electrons. The predicted octanol–water partition coefficient (Wildman–Crippen LogP) is 3.08. The second-order valence-electron chi connectivity index (χ2n) is 6.97. The summed E-state index contributed by atoms with van der Waals surface area (Å²) in [4.78, 5) is 12.2. The molecule has 4 rings (SSSR count). The van der Waals surface area contributed by atoms with Gasteiger partial charge in [-0.15, -0.1) is 20.4 Å². The van der Waals surface area contributed by atoms with Gasteiger partial charge in [-0.25, -0.2) is 4.79 Å². The summed E-state index contributed by atoms with van der Waals surface area (Å²) in [6.07, 6.45) is 5.13. The zero-order chi connectivity index (χ0) is 19.3. The molecule has 2 aromatic heterocycles. The number of nitrogens with zero attached hydrogens (tertiary/aromatic N) is 5. The van der Waals surface area contributed by atoms with Crippen molar-refractivity contribution in [1.82, 2.24) is 30.3 Å². The Labute approximate surface area is 167 Å². The Morgan fingerprint density at radius 3 is 3.00 bits per heavy atom. The molecule has 1 aliphatic rings. The van der Waals surface area contributed by atoms with E-state index >= 15 is 0 Å². The maximum absolute atomic E-state index is 12.2. The quantitative estimate of drug-likeness (QED) is 0.689. The van der Waals surface area contributed by atoms with E-state index in [-0.39, 0.29) is 6.03 Å². The van der Waals surface area contributed by atoms with Gasteiger partial charge in [0.2, 0.25) is 5.13 Å². The van der Waals surface area contributed by atoms with Gasteiger partial charge in [-0.3, -0.25) is 5.32 Å². The molecule has 3 heterocycles. The molecule has 9 heteroatoms. The number of amides is 2. The molecular formula is C19H23N7OS. The number of aryl methyl sites for hydroxylation is 2. The van der Waals surface area contributed by atoms with Gasteiger partial charge in [0.1, 0.15) is 10.8 Å². The molecular weight excluding hydrogens is 374 g/mol. The SMILES string of the molecule is Cc1cccc(Cc2nnc(NC(=O)NCc3nnc4n3CCCCC4)s2)c1. The summed E-state index contributed by atoms with van der Waals surface area (Å²) in [6, 6.07) is 7.97. The van der Waals surface area contributed by atoms with Crippen molar-refractivity contribution in [2.45, 2.75) is 52.1 Å². The summed E-state index contributed by atoms with van der Waals surface area (Å²) in [5.41, 5.74) is 2.39. The average molecular weight is 398 g/mol. The molecule has 8 nitrogen and oxygen atoms in total. The molecule has 2 amide bonds. The minimum Gasteiger partial charge on any atom is -0.331 e. The molecule has 3 aromatic rings. The van der Waals surface area contributed by atoms with Crippen LogP contribution in [-0.4, -0.2) is 31.0 Å². The number of carbonyl (C=O) groups excluding carboxylic acids is 1. The summed E-state index contributed by atoms with van der Waals surface area (Å²) in [7, 11) is 0. The van der Waals surface area contributed by atoms with Crippen LogP contribution < -0.4 is 10.6 Å². The van der Waals surface area contributed by atoms with Gasteiger partial charge in [-0.1, -0.05) is 47.6 Å². The number of carbonyl (C=O) groups is 1. The van der Waals surface area contributed by atoms with Gasteiger partial charge < -0.3 is 9.88 Å². The lowest BCUT2D eigenvalue weighted by molar-refractivity contribution is 0.251. The minimum atomic E-state index is -0.316. The van der Waals surface area contributed by atoms with Crippen molar-refractivity contribution in [2.75, 3.05) is 5.32 Å². The van der Waals surface area contributed by atoms with E-state index in [1.54, 1.807) is 0 Å². The molecule has 28 heavy (non-hydrogen) atoms. The highest BCUT2D eigenvalue weighted by Gasteiger charge is 2.15. The molecule has 0 aliphatic carbocycles. The second kappa shape index (κ2) is 8.47. The zero-order valence-corrected chi connectivity index (χ0v) is 16.6. The van der Waals surface area contributed by atoms with Gasteiger partial charge in [0.15, 0.2) is 5.82 Å². The average Bonchev–Trinajstić information content (AvgIpc) is 3.19. The lowest BCUT2D eigenvalue weighted by atomic mass is 10.1. The van der Waals surface area contributed by atoms with Gasteiger partial charge in [0.05, 0.1) is 6.54 Å². The van der Waals surface area contributed by atoms with Crippen molar-refractivity contribution in [3.8, 4) is 0 Å². The van der Waals surface area contributed by atoms with Gasteiger partial charge in [0.25, 0.3) is 0 Å². The summed E-state index contributed by atoms with van der Waals surface area (Å²) in [5, 5.41) is 23.6. The fraction of sp³-hybridized carbons (Fsp3) is 0.421. The summed E-state index contributed by atoms with van der Waals surface area (Å²) < 4.78 is 2.12. The minimum absolute atomic E-state index is 0.316. The van der Waals surface area contributed by atoms with E-state index in [0.29, 0.717) is 18.1 Å². The van der Waals surface area contributed by atoms with Crippen LogP contribution in [0.4, 0.5) is 9.93 Å². The molecule has 0 bridgehead atoms. The molecule has 0 spiro atoms. The van der Waals surface area contributed by atoms with E-state index in [2.05, 4.69) is 60.7 Å². The van der Waals surface area contributed by atoms with Crippen LogP contribution in [0, 0.1) is 6.92 Å². The molecule has 0 atom stereocenters. The molecule has 0 saturated heterocycles. The number of fused-ring (bicyclic) bond motifs is 1. The summed E-state index contributed by atoms with van der Waals surface area (Å²) >= 11 is 1.38. The number of rotatable bonds is 5. The molecule has 146 valence electrons. The van der Waals surface area contributed by atoms with Gasteiger partial charge in [0, 0.05) is 19.4 Å². The Kier molecular flexibility index (Phi) is 5.61. The smallest absolute Gasteiger partial charge is 0.321 e. The van der Waals surface area contributed by atoms with Crippen molar-refractivity contribution in [3.63, 3.8) is 0 Å². The Hall–Kier alpha value is -2.81. The summed E-state index contributed by atoms with van der Waals surface area (Å²) in [5.74, 6) is 1.81. The number of aromatic nitrogens is 5. The van der Waals surface area contributed by atoms with Crippen LogP contribution >= 0.6 is 11.3 Å². The highest BCUT2D eigenvalue weighted by Crippen LogP contribution is 2.19. The number of nitrogens with one attached hydrogen (secondary N) is 2. The van der Waals surface area contributed by atoms with Crippen LogP contribution in [0.25, 0.3) is 0 Å². The maximum Gasteiger partial charge on any atom is 0.321 e. The van der Waals surface area contributed by atoms with Gasteiger partial charge >= 0.3 is 6.03 Å². The Bertz CT molecular complexity index is 965. The third kappa shape index (κ3) is 4.53. The number of urea groups is 1. The van der Waals surface area contributed by atoms with Crippen LogP contribution in [0.1, 0.15) is 47.0 Å². The fourth-order valence-electron chi connectivity index (χ4n) is 3.35. The molecule has 0 unspecified atom stereocenters. The number of hydrogen-bond donors (Lipinski definition) is 2. The van der Waals surface area contributed by atoms with Crippen molar-refractivity contribution < 1.29 is 4.79 Å². The third-order valence-corrected chi connectivity index (χ3v) is 5.56. The van der Waals surface area contributed by atoms with E-state index in [1.807, 2.05) is 6.07 Å². The van der Waals surface area contributed by atoms with Crippen molar-refractivity contribution in [2.24, 2.45) is 0 Å². The number of benzene rings is 1. The zero-order valence-electron chi connectivity index (χ0n) is 15.8. The van der Waals surface area contributed by atoms with Crippen molar-refractivity contribution in [3.05, 3.63) is 52.0 Å². The van der Waals surface area contributed by atoms with E-state index in [0.717, 1.165) is 42.5 Å². The molecule has 0 saturated carbocycles. The molecule has 1 aromatic carbocycles. The highest BCUT2D eigenvalue weighted by molar-refractivity contribution is 7.15. The topological polar surface area (TPSA) is 97.6 Å². The lowest BCUT2D eigenvalue weighted by Crippen LogP contribution is -2.29. The van der Waals surface area contributed by atoms with E-state index < -0.39 is 0 Å². The van der Waals surface area contributed by atoms with Crippen LogP contribution in [0.15, 0.2) is 24.3 Å². The maximum atomic E-state index is 12.2. The molecule has 0 fully saturated rings. The van der Waals surface area contributed by atoms with Gasteiger partial charge in [-0.05, 0) is 25.3 Å². The first-order valence-electron chi connectivity index (χ1n) is 9.51. The second-order valence-corrected chi connectivity index (χ2v) is 8.03. The standard InChI is InChI=1S/C19H23N7OS/c1-13-6-5-7-14(10-13)11-17-24-25-19(28-17)21-18(27)20-12-16-23-22-15-8-3-2-4-9-26(15)16/h5-7,10H,2-4,8-9,11-12H2,1H3,(H2,20,21,25,27). The largest absolute Gasteiger partial charge is 0.331 e. The predicted molar refractivity (Wildman–Crippen MR) is 107 cm³/mol. The normalized spacial score (nSPS) is 13.6. The van der Waals surface area contributed by atoms with Gasteiger partial charge in [-0.2, -0.15) is 0 Å². The first kappa shape index (κ1) is 18.5. The Morgan fingerprint density at radius 1 is 1.18 bits per heavy atom. The van der Waals surface area contributed by atoms with Crippen LogP contribution in [0.5, 0.6) is 0 Å².